The molecule has 1 heterocycles. The first-order valence-corrected chi connectivity index (χ1v) is 11.7. The number of para-hydroxylation sites is 1. The van der Waals surface area contributed by atoms with Crippen molar-refractivity contribution >= 4 is 29.2 Å². The number of hydrogen-bond acceptors (Lipinski definition) is 8. The van der Waals surface area contributed by atoms with Crippen molar-refractivity contribution in [1.82, 2.24) is 0 Å². The van der Waals surface area contributed by atoms with E-state index in [1.807, 2.05) is 12.1 Å². The van der Waals surface area contributed by atoms with Gasteiger partial charge in [-0.1, -0.05) is 23.9 Å². The number of ether oxygens (including phenoxy) is 3. The molecule has 0 unspecified atom stereocenters. The first-order chi connectivity index (χ1) is 18.1. The van der Waals surface area contributed by atoms with Gasteiger partial charge < -0.3 is 19.5 Å². The minimum Gasteiger partial charge on any atom is -0.493 e. The maximum atomic E-state index is 13.3. The molecule has 0 aliphatic heterocycles. The molecule has 13 heteroatoms. The number of H-pyrrole nitrogens is 1. The first kappa shape index (κ1) is 28.0. The van der Waals surface area contributed by atoms with Crippen LogP contribution in [-0.2, 0) is 11.0 Å². The Kier molecular flexibility index (Phi) is 8.55. The molecule has 3 rings (SSSR count). The molecule has 0 spiro atoms. The molecule has 1 amide bonds. The zero-order chi connectivity index (χ0) is 28.0. The monoisotopic (exact) mass is 544 g/mol. The SMILES string of the molecule is COc1cc(-c2c(C#N)c(N)[nH+]c(SCC(=O)Nc3ccccc3C(F)(F)F)c2C#N)cc(OC)c1OC. The van der Waals surface area contributed by atoms with Gasteiger partial charge in [0.15, 0.2) is 16.5 Å². The summed E-state index contributed by atoms with van der Waals surface area (Å²) in [6.07, 6.45) is -4.66. The third-order valence-electron chi connectivity index (χ3n) is 5.28. The Hall–Kier alpha value is -4.62. The van der Waals surface area contributed by atoms with Crippen molar-refractivity contribution in [2.45, 2.75) is 11.2 Å². The van der Waals surface area contributed by atoms with Crippen molar-refractivity contribution in [2.75, 3.05) is 38.1 Å². The molecule has 2 aromatic carbocycles. The number of anilines is 2. The lowest BCUT2D eigenvalue weighted by molar-refractivity contribution is -0.410. The molecule has 0 aliphatic carbocycles. The maximum Gasteiger partial charge on any atom is 0.418 e. The predicted octanol–water partition coefficient (Wildman–Crippen LogP) is 4.27. The van der Waals surface area contributed by atoms with Gasteiger partial charge in [-0.2, -0.15) is 23.7 Å². The van der Waals surface area contributed by atoms with E-state index >= 15 is 0 Å². The summed E-state index contributed by atoms with van der Waals surface area (Å²) in [7, 11) is 4.23. The number of nitriles is 2. The number of benzene rings is 2. The average molecular weight is 545 g/mol. The molecule has 196 valence electrons. The van der Waals surface area contributed by atoms with Gasteiger partial charge in [0, 0.05) is 5.56 Å². The summed E-state index contributed by atoms with van der Waals surface area (Å²) in [5.41, 5.74) is 5.13. The number of nitrogens with one attached hydrogen (secondary N) is 2. The third kappa shape index (κ3) is 5.68. The summed E-state index contributed by atoms with van der Waals surface area (Å²) in [5, 5.41) is 22.2. The molecular formula is C25H21F3N5O4S+. The van der Waals surface area contributed by atoms with Gasteiger partial charge in [0.2, 0.25) is 11.7 Å². The molecule has 1 aromatic heterocycles. The van der Waals surface area contributed by atoms with Crippen molar-refractivity contribution in [1.29, 1.82) is 10.5 Å². The van der Waals surface area contributed by atoms with E-state index in [-0.39, 0.29) is 50.5 Å². The van der Waals surface area contributed by atoms with E-state index < -0.39 is 23.3 Å². The summed E-state index contributed by atoms with van der Waals surface area (Å²) >= 11 is 0.834. The second-order valence-corrected chi connectivity index (χ2v) is 8.50. The number of rotatable bonds is 8. The van der Waals surface area contributed by atoms with Crippen LogP contribution in [0.3, 0.4) is 0 Å². The highest BCUT2D eigenvalue weighted by molar-refractivity contribution is 7.99. The molecule has 0 saturated heterocycles. The minimum absolute atomic E-state index is 0.0153. The van der Waals surface area contributed by atoms with Crippen LogP contribution < -0.4 is 30.2 Å². The van der Waals surface area contributed by atoms with E-state index in [0.717, 1.165) is 23.9 Å². The van der Waals surface area contributed by atoms with Crippen LogP contribution in [0.4, 0.5) is 24.7 Å². The summed E-state index contributed by atoms with van der Waals surface area (Å²) in [5.74, 6) is -0.383. The molecule has 0 saturated carbocycles. The molecule has 4 N–H and O–H groups in total. The van der Waals surface area contributed by atoms with Crippen molar-refractivity contribution in [3.63, 3.8) is 0 Å². The Morgan fingerprint density at radius 2 is 1.66 bits per heavy atom. The number of nitrogen functional groups attached to an aromatic ring is 1. The summed E-state index contributed by atoms with van der Waals surface area (Å²) in [6, 6.07) is 11.6. The Balaban J connectivity index is 2.03. The predicted molar refractivity (Wildman–Crippen MR) is 133 cm³/mol. The van der Waals surface area contributed by atoms with Crippen LogP contribution in [0.2, 0.25) is 0 Å². The highest BCUT2D eigenvalue weighted by Crippen LogP contribution is 2.44. The molecule has 38 heavy (non-hydrogen) atoms. The fraction of sp³-hybridized carbons (Fsp3) is 0.200. The topological polar surface area (TPSA) is 145 Å². The van der Waals surface area contributed by atoms with Crippen LogP contribution in [0.15, 0.2) is 41.4 Å². The summed E-state index contributed by atoms with van der Waals surface area (Å²) < 4.78 is 55.8. The Bertz CT molecular complexity index is 1440. The van der Waals surface area contributed by atoms with Crippen LogP contribution in [-0.4, -0.2) is 33.0 Å². The number of halogens is 3. The van der Waals surface area contributed by atoms with Crippen LogP contribution >= 0.6 is 11.8 Å². The number of aromatic nitrogens is 1. The number of pyridine rings is 1. The van der Waals surface area contributed by atoms with Crippen molar-refractivity contribution < 1.29 is 37.2 Å². The van der Waals surface area contributed by atoms with E-state index in [0.29, 0.717) is 5.56 Å². The summed E-state index contributed by atoms with van der Waals surface area (Å²) in [6.45, 7) is 0. The second-order valence-electron chi connectivity index (χ2n) is 7.51. The number of amides is 1. The zero-order valence-electron chi connectivity index (χ0n) is 20.3. The van der Waals surface area contributed by atoms with Crippen molar-refractivity contribution in [2.24, 2.45) is 0 Å². The first-order valence-electron chi connectivity index (χ1n) is 10.7. The van der Waals surface area contributed by atoms with Crippen LogP contribution in [0.25, 0.3) is 11.1 Å². The number of carbonyl (C=O) groups excluding carboxylic acids is 1. The largest absolute Gasteiger partial charge is 0.493 e. The van der Waals surface area contributed by atoms with E-state index in [4.69, 9.17) is 19.9 Å². The van der Waals surface area contributed by atoms with Crippen LogP contribution in [0.5, 0.6) is 17.2 Å². The van der Waals surface area contributed by atoms with Gasteiger partial charge in [-0.15, -0.1) is 0 Å². The van der Waals surface area contributed by atoms with Gasteiger partial charge in [-0.05, 0) is 29.8 Å². The lowest BCUT2D eigenvalue weighted by Crippen LogP contribution is -2.21. The number of methoxy groups -OCH3 is 3. The number of carbonyl (C=O) groups is 1. The lowest BCUT2D eigenvalue weighted by atomic mass is 9.96. The second kappa shape index (κ2) is 11.6. The molecule has 0 bridgehead atoms. The highest BCUT2D eigenvalue weighted by atomic mass is 32.2. The smallest absolute Gasteiger partial charge is 0.418 e. The third-order valence-corrected chi connectivity index (χ3v) is 6.28. The molecule has 0 fully saturated rings. The fourth-order valence-electron chi connectivity index (χ4n) is 3.63. The molecule has 0 radical (unpaired) electrons. The zero-order valence-corrected chi connectivity index (χ0v) is 21.1. The van der Waals surface area contributed by atoms with E-state index in [1.54, 1.807) is 0 Å². The van der Waals surface area contributed by atoms with Crippen molar-refractivity contribution in [3.05, 3.63) is 53.1 Å². The van der Waals surface area contributed by atoms with Gasteiger partial charge in [0.05, 0.1) is 38.3 Å². The fourth-order valence-corrected chi connectivity index (χ4v) is 4.45. The number of thioether (sulfide) groups is 1. The van der Waals surface area contributed by atoms with Gasteiger partial charge in [-0.25, -0.2) is 4.98 Å². The lowest BCUT2D eigenvalue weighted by Gasteiger charge is -2.16. The normalized spacial score (nSPS) is 10.7. The molecule has 0 aliphatic rings. The van der Waals surface area contributed by atoms with Crippen LogP contribution in [0, 0.1) is 22.7 Å². The van der Waals surface area contributed by atoms with Crippen molar-refractivity contribution in [3.8, 4) is 40.5 Å². The van der Waals surface area contributed by atoms with E-state index in [1.165, 1.54) is 45.6 Å². The molecule has 3 aromatic rings. The molecular weight excluding hydrogens is 523 g/mol. The average Bonchev–Trinajstić information content (AvgIpc) is 2.90. The van der Waals surface area contributed by atoms with Gasteiger partial charge in [0.25, 0.3) is 5.82 Å². The Morgan fingerprint density at radius 3 is 2.18 bits per heavy atom. The molecule has 0 atom stereocenters. The summed E-state index contributed by atoms with van der Waals surface area (Å²) in [4.78, 5) is 15.3. The molecule has 9 nitrogen and oxygen atoms in total. The van der Waals surface area contributed by atoms with Gasteiger partial charge in [0.1, 0.15) is 23.3 Å². The number of alkyl halides is 3. The minimum atomic E-state index is -4.66. The van der Waals surface area contributed by atoms with E-state index in [9.17, 15) is 28.5 Å². The number of hydrogen-bond donors (Lipinski definition) is 2. The number of nitrogens with two attached hydrogens (primary N) is 1. The number of aromatic amines is 1. The Labute approximate surface area is 219 Å². The maximum absolute atomic E-state index is 13.3. The highest BCUT2D eigenvalue weighted by Gasteiger charge is 2.33. The standard InChI is InChI=1S/C25H20F3N5O4S/c1-35-18-8-13(9-19(36-2)22(18)37-3)21-14(10-29)23(31)33-24(15(21)11-30)38-12-20(34)32-17-7-5-4-6-16(17)25(26,27)28/h4-9H,12H2,1-3H3,(H2,31,33)(H,32,34)/p+1. The van der Waals surface area contributed by atoms with Crippen LogP contribution in [0.1, 0.15) is 16.7 Å². The van der Waals surface area contributed by atoms with E-state index in [2.05, 4.69) is 10.3 Å². The van der Waals surface area contributed by atoms with Gasteiger partial charge in [-0.3, -0.25) is 10.5 Å². The number of nitrogens with zero attached hydrogens (tertiary/aromatic N) is 2. The quantitative estimate of drug-likeness (QED) is 0.400. The Morgan fingerprint density at radius 1 is 1.05 bits per heavy atom. The van der Waals surface area contributed by atoms with Gasteiger partial charge >= 0.3 is 6.18 Å².